The molecule has 10 nitrogen and oxygen atoms in total. The second-order valence-electron chi connectivity index (χ2n) is 10.3. The number of carbonyl (C=O) groups is 1. The van der Waals surface area contributed by atoms with E-state index in [4.69, 9.17) is 19.6 Å². The number of hydrogen-bond donors (Lipinski definition) is 3. The average molecular weight is 692 g/mol. The number of ether oxygens (including phenoxy) is 2. The summed E-state index contributed by atoms with van der Waals surface area (Å²) in [5.41, 5.74) is 14.5. The van der Waals surface area contributed by atoms with Gasteiger partial charge in [-0.1, -0.05) is 69.6 Å². The molecule has 4 aromatic rings. The maximum Gasteiger partial charge on any atom is 0.266 e. The predicted molar refractivity (Wildman–Crippen MR) is 171 cm³/mol. The number of nitrogens with zero attached hydrogens (tertiary/aromatic N) is 4. The summed E-state index contributed by atoms with van der Waals surface area (Å²) in [7, 11) is 0. The summed E-state index contributed by atoms with van der Waals surface area (Å²) in [6, 6.07) is 24.5. The van der Waals surface area contributed by atoms with Crippen LogP contribution in [-0.4, -0.2) is 35.7 Å². The first-order valence-electron chi connectivity index (χ1n) is 14.3. The molecule has 1 amide bonds. The lowest BCUT2D eigenvalue weighted by molar-refractivity contribution is -0.130. The van der Waals surface area contributed by atoms with Gasteiger partial charge in [-0.3, -0.25) is 10.2 Å². The van der Waals surface area contributed by atoms with Crippen molar-refractivity contribution in [3.05, 3.63) is 140 Å². The van der Waals surface area contributed by atoms with Crippen molar-refractivity contribution in [3.63, 3.8) is 0 Å². The molecule has 4 aromatic carbocycles. The molecule has 0 saturated heterocycles. The molecule has 1 aliphatic rings. The van der Waals surface area contributed by atoms with Gasteiger partial charge in [-0.2, -0.15) is 0 Å². The summed E-state index contributed by atoms with van der Waals surface area (Å²) in [6.45, 7) is 0.00969. The van der Waals surface area contributed by atoms with E-state index in [1.54, 1.807) is 60.7 Å². The van der Waals surface area contributed by atoms with Crippen molar-refractivity contribution >= 4 is 33.4 Å². The first-order valence-corrected chi connectivity index (χ1v) is 15.1. The molecular weight excluding hydrogens is 662 g/mol. The number of aliphatic hydroxyl groups excluding tert-OH is 1. The normalized spacial score (nSPS) is 17.0. The van der Waals surface area contributed by atoms with Crippen LogP contribution in [0.1, 0.15) is 34.8 Å². The van der Waals surface area contributed by atoms with E-state index in [-0.39, 0.29) is 31.0 Å². The van der Waals surface area contributed by atoms with Crippen molar-refractivity contribution in [2.24, 2.45) is 10.1 Å². The molecule has 1 heterocycles. The van der Waals surface area contributed by atoms with E-state index in [1.165, 1.54) is 6.07 Å². The van der Waals surface area contributed by atoms with Crippen LogP contribution in [0, 0.1) is 11.6 Å². The van der Waals surface area contributed by atoms with Crippen LogP contribution < -0.4 is 15.6 Å². The maximum absolute atomic E-state index is 14.4. The number of aliphatic imine (C=N–C) groups is 1. The summed E-state index contributed by atoms with van der Waals surface area (Å²) in [4.78, 5) is 22.2. The lowest BCUT2D eigenvalue weighted by atomic mass is 9.81. The molecule has 5 rings (SSSR count). The monoisotopic (exact) mass is 690 g/mol. The van der Waals surface area contributed by atoms with E-state index in [1.807, 2.05) is 12.1 Å². The number of benzene rings is 4. The average Bonchev–Trinajstić information content (AvgIpc) is 3.44. The molecule has 236 valence electrons. The Morgan fingerprint density at radius 2 is 1.76 bits per heavy atom. The molecule has 0 bridgehead atoms. The lowest BCUT2D eigenvalue weighted by Gasteiger charge is -2.31. The molecule has 0 aliphatic carbocycles. The second kappa shape index (κ2) is 15.0. The molecule has 0 spiro atoms. The summed E-state index contributed by atoms with van der Waals surface area (Å²) in [6.07, 6.45) is -0.580. The molecule has 13 heteroatoms. The van der Waals surface area contributed by atoms with Gasteiger partial charge in [0.2, 0.25) is 5.90 Å². The molecule has 0 saturated carbocycles. The minimum Gasteiger partial charge on any atom is -0.494 e. The van der Waals surface area contributed by atoms with Crippen LogP contribution in [0.3, 0.4) is 0 Å². The largest absolute Gasteiger partial charge is 0.494 e. The third-order valence-electron chi connectivity index (χ3n) is 7.35. The van der Waals surface area contributed by atoms with Crippen LogP contribution in [-0.2, 0) is 22.5 Å². The zero-order valence-electron chi connectivity index (χ0n) is 24.4. The van der Waals surface area contributed by atoms with Crippen LogP contribution in [0.4, 0.5) is 14.5 Å². The highest BCUT2D eigenvalue weighted by molar-refractivity contribution is 9.10. The Kier molecular flexibility index (Phi) is 10.6. The Balaban J connectivity index is 1.58. The number of hydrogen-bond acceptors (Lipinski definition) is 7. The minimum atomic E-state index is -1.70. The van der Waals surface area contributed by atoms with E-state index < -0.39 is 29.2 Å². The van der Waals surface area contributed by atoms with Crippen molar-refractivity contribution in [1.29, 1.82) is 0 Å². The summed E-state index contributed by atoms with van der Waals surface area (Å²) in [5.74, 6) is -1.44. The fourth-order valence-electron chi connectivity index (χ4n) is 5.07. The van der Waals surface area contributed by atoms with Gasteiger partial charge in [-0.05, 0) is 53.6 Å². The number of halogens is 3. The van der Waals surface area contributed by atoms with E-state index in [0.29, 0.717) is 45.6 Å². The fourth-order valence-corrected chi connectivity index (χ4v) is 5.56. The molecule has 1 aliphatic heterocycles. The highest BCUT2D eigenvalue weighted by Gasteiger charge is 2.54. The van der Waals surface area contributed by atoms with E-state index in [0.717, 1.165) is 12.1 Å². The van der Waals surface area contributed by atoms with Crippen molar-refractivity contribution in [2.75, 3.05) is 13.2 Å². The molecule has 3 N–H and O–H groups in total. The first-order chi connectivity index (χ1) is 22.4. The summed E-state index contributed by atoms with van der Waals surface area (Å²) < 4.78 is 41.5. The van der Waals surface area contributed by atoms with Crippen LogP contribution >= 0.6 is 15.9 Å². The third kappa shape index (κ3) is 7.19. The zero-order valence-corrected chi connectivity index (χ0v) is 26.0. The van der Waals surface area contributed by atoms with Crippen molar-refractivity contribution < 1.29 is 28.2 Å². The Hall–Kier alpha value is -4.81. The Morgan fingerprint density at radius 3 is 2.48 bits per heavy atom. The molecule has 0 aromatic heterocycles. The maximum atomic E-state index is 14.4. The van der Waals surface area contributed by atoms with Gasteiger partial charge in [0, 0.05) is 57.8 Å². The van der Waals surface area contributed by atoms with Crippen LogP contribution in [0.25, 0.3) is 10.4 Å². The van der Waals surface area contributed by atoms with Gasteiger partial charge >= 0.3 is 0 Å². The van der Waals surface area contributed by atoms with Gasteiger partial charge in [0.25, 0.3) is 5.91 Å². The number of aliphatic hydroxyl groups is 1. The number of amides is 1. The van der Waals surface area contributed by atoms with Gasteiger partial charge < -0.3 is 14.6 Å². The summed E-state index contributed by atoms with van der Waals surface area (Å²) in [5, 5.41) is 12.9. The zero-order chi connectivity index (χ0) is 32.5. The lowest BCUT2D eigenvalue weighted by Crippen LogP contribution is -2.53. The summed E-state index contributed by atoms with van der Waals surface area (Å²) >= 11 is 3.58. The third-order valence-corrected chi connectivity index (χ3v) is 8.07. The Morgan fingerprint density at radius 1 is 1.04 bits per heavy atom. The van der Waals surface area contributed by atoms with Gasteiger partial charge in [0.05, 0.1) is 6.61 Å². The number of hydrazine groups is 1. The highest BCUT2D eigenvalue weighted by atomic mass is 79.9. The Labute approximate surface area is 271 Å². The van der Waals surface area contributed by atoms with Gasteiger partial charge in [-0.25, -0.2) is 19.2 Å². The standard InChI is InChI=1S/C33H29BrF2N6O4/c34-26-9-3-2-8-24(26)30-33(19-22-7-1-4-12-29(22)40-42-37,32(44)41-38-20-25-27(35)10-5-11-28(25)36)39-31(46-30)21-13-15-23(16-14-21)45-18-6-17-43/h1-5,7-16,30,38,43H,6,17-20H2,(H,41,44)/t30-,33-/m0/s1. The first kappa shape index (κ1) is 32.6. The van der Waals surface area contributed by atoms with E-state index in [2.05, 4.69) is 36.8 Å². The van der Waals surface area contributed by atoms with Crippen LogP contribution in [0.15, 0.2) is 106 Å². The van der Waals surface area contributed by atoms with Gasteiger partial charge in [0.15, 0.2) is 11.6 Å². The van der Waals surface area contributed by atoms with E-state index >= 15 is 0 Å². The molecule has 0 radical (unpaired) electrons. The Bertz CT molecular complexity index is 1760. The van der Waals surface area contributed by atoms with E-state index in [9.17, 15) is 19.1 Å². The minimum absolute atomic E-state index is 0.0101. The topological polar surface area (TPSA) is 141 Å². The highest BCUT2D eigenvalue weighted by Crippen LogP contribution is 2.45. The van der Waals surface area contributed by atoms with Gasteiger partial charge in [0.1, 0.15) is 17.4 Å². The van der Waals surface area contributed by atoms with Crippen molar-refractivity contribution in [2.45, 2.75) is 31.0 Å². The number of azide groups is 1. The fraction of sp³-hybridized carbons (Fsp3) is 0.212. The smallest absolute Gasteiger partial charge is 0.266 e. The second-order valence-corrected chi connectivity index (χ2v) is 11.2. The molecule has 0 fully saturated rings. The van der Waals surface area contributed by atoms with Gasteiger partial charge in [-0.15, -0.1) is 0 Å². The SMILES string of the molecule is [N-]=[N+]=Nc1ccccc1C[C@]1(C(=O)NNCc2c(F)cccc2F)N=C(c2ccc(OCCCO)cc2)O[C@H]1c1ccccc1Br. The molecule has 0 unspecified atom stereocenters. The number of carbonyl (C=O) groups excluding carboxylic acids is 1. The van der Waals surface area contributed by atoms with Crippen molar-refractivity contribution in [1.82, 2.24) is 10.9 Å². The number of nitrogens with one attached hydrogen (secondary N) is 2. The molecular formula is C33H29BrF2N6O4. The quantitative estimate of drug-likeness (QED) is 0.0468. The molecule has 46 heavy (non-hydrogen) atoms. The molecule has 2 atom stereocenters. The van der Waals surface area contributed by atoms with Crippen LogP contribution in [0.5, 0.6) is 5.75 Å². The predicted octanol–water partition coefficient (Wildman–Crippen LogP) is 6.75. The van der Waals surface area contributed by atoms with Crippen molar-refractivity contribution in [3.8, 4) is 5.75 Å². The number of rotatable bonds is 13. The van der Waals surface area contributed by atoms with Crippen LogP contribution in [0.2, 0.25) is 0 Å².